The zero-order valence-electron chi connectivity index (χ0n) is 67.9. The summed E-state index contributed by atoms with van der Waals surface area (Å²) in [6.45, 7) is 8.36. The van der Waals surface area contributed by atoms with Crippen LogP contribution in [0.3, 0.4) is 0 Å². The van der Waals surface area contributed by atoms with Gasteiger partial charge < -0.3 is 41.7 Å². The molecule has 0 saturated carbocycles. The Morgan fingerprint density at radius 1 is 0.286 bits per heavy atom. The molecule has 0 spiro atoms. The fourth-order valence-corrected chi connectivity index (χ4v) is 15.8. The molecular weight excluding hydrogens is 1490 g/mol. The molecule has 0 fully saturated rings. The highest BCUT2D eigenvalue weighted by Crippen LogP contribution is 2.40. The van der Waals surface area contributed by atoms with Crippen LogP contribution in [0.1, 0.15) is 163 Å². The van der Waals surface area contributed by atoms with E-state index in [1.807, 2.05) is 133 Å². The van der Waals surface area contributed by atoms with Gasteiger partial charge in [0.2, 0.25) is 23.6 Å². The fraction of sp³-hybridized carbons (Fsp3) is 0.273. The smallest absolute Gasteiger partial charge is 0.229 e. The van der Waals surface area contributed by atoms with Gasteiger partial charge in [0.1, 0.15) is 23.0 Å². The number of fused-ring (bicyclic) bond motifs is 13. The standard InChI is InChI=1S/C27H25N3O2.C25H27N3O2.C24H25N3O2.C23H23N3O2/c1-2-5-24-27(29-23-13-10-20-16-21(31)11-12-22(20)26(23)28-24)30-25(32)15-17-8-9-18-6-3-4-7-19(18)14-17;1-2-7-22-25(28-23(30)11-6-10-17-8-4-3-5-9-17)27-21-15-12-18-16-19(29)13-14-20(18)24(21)26-22;1-2-6-21-24(27-22(29)14-9-16-7-4-3-5-8-16)26-20-13-10-17-15-18(28)11-12-19(17)23(20)25-21;1-2-6-20-23(26-21(28)13-15-7-4-3-5-8-15)25-19-12-9-16-14-17(27)10-11-18(16)22(19)24-20/h3-4,6-9,11-12,14,16,31H,2,5,10,13,15H2,1H3,(H,29,30,32);3-5,8-9,13-14,16,29H,2,6-7,10-12,15H2,1H3,(H,27,28,30);3-5,7-8,11-12,15,28H,2,6,9-10,13-14H2,1H3,(H,26,27,29);3-5,7-8,10-11,14,27H,2,6,9,12-13H2,1H3,(H,25,26,28). The van der Waals surface area contributed by atoms with Crippen molar-refractivity contribution in [2.75, 3.05) is 21.3 Å². The molecule has 4 aliphatic carbocycles. The van der Waals surface area contributed by atoms with E-state index in [1.165, 1.54) is 5.56 Å². The van der Waals surface area contributed by atoms with E-state index < -0.39 is 0 Å². The zero-order chi connectivity index (χ0) is 82.7. The van der Waals surface area contributed by atoms with Crippen LogP contribution in [-0.4, -0.2) is 83.9 Å². The van der Waals surface area contributed by atoms with E-state index in [2.05, 4.69) is 79.3 Å². The van der Waals surface area contributed by atoms with Crippen molar-refractivity contribution in [2.45, 2.75) is 175 Å². The van der Waals surface area contributed by atoms with Crippen LogP contribution in [0.4, 0.5) is 23.3 Å². The van der Waals surface area contributed by atoms with Crippen molar-refractivity contribution in [3.05, 3.63) is 296 Å². The molecule has 13 aromatic rings. The largest absolute Gasteiger partial charge is 0.508 e. The highest BCUT2D eigenvalue weighted by atomic mass is 16.3. The summed E-state index contributed by atoms with van der Waals surface area (Å²) in [6.07, 6.45) is 16.7. The predicted molar refractivity (Wildman–Crippen MR) is 469 cm³/mol. The summed E-state index contributed by atoms with van der Waals surface area (Å²) in [5.41, 5.74) is 23.1. The van der Waals surface area contributed by atoms with Crippen LogP contribution in [-0.2, 0) is 122 Å². The van der Waals surface area contributed by atoms with Gasteiger partial charge in [-0.25, -0.2) is 39.9 Å². The van der Waals surface area contributed by atoms with E-state index in [9.17, 15) is 39.6 Å². The second-order valence-corrected chi connectivity index (χ2v) is 30.7. The molecule has 0 aliphatic heterocycles. The number of rotatable bonds is 23. The minimum atomic E-state index is -0.0898. The third-order valence-electron chi connectivity index (χ3n) is 21.6. The molecule has 4 aliphatic rings. The van der Waals surface area contributed by atoms with Crippen LogP contribution in [0.15, 0.2) is 206 Å². The maximum absolute atomic E-state index is 12.9. The van der Waals surface area contributed by atoms with Crippen LogP contribution in [0.5, 0.6) is 23.0 Å². The van der Waals surface area contributed by atoms with Gasteiger partial charge in [0, 0.05) is 35.1 Å². The number of aromatic hydroxyl groups is 4. The van der Waals surface area contributed by atoms with Crippen LogP contribution < -0.4 is 21.3 Å². The Hall–Kier alpha value is -13.4. The molecule has 4 heterocycles. The Balaban J connectivity index is 0.000000130. The lowest BCUT2D eigenvalue weighted by atomic mass is 9.91. The molecule has 0 unspecified atom stereocenters. The van der Waals surface area contributed by atoms with Crippen molar-refractivity contribution in [3.8, 4) is 68.0 Å². The van der Waals surface area contributed by atoms with E-state index >= 15 is 0 Å². The average Bonchev–Trinajstić information content (AvgIpc) is 0.787. The van der Waals surface area contributed by atoms with E-state index in [1.54, 1.807) is 42.5 Å². The predicted octanol–water partition coefficient (Wildman–Crippen LogP) is 18.6. The van der Waals surface area contributed by atoms with E-state index in [4.69, 9.17) is 39.9 Å². The third-order valence-corrected chi connectivity index (χ3v) is 21.6. The Kier molecular flexibility index (Phi) is 27.0. The first-order valence-corrected chi connectivity index (χ1v) is 41.7. The van der Waals surface area contributed by atoms with Crippen molar-refractivity contribution in [3.63, 3.8) is 0 Å². The van der Waals surface area contributed by atoms with Crippen molar-refractivity contribution in [1.29, 1.82) is 0 Å². The second kappa shape index (κ2) is 39.1. The molecule has 4 aromatic heterocycles. The first kappa shape index (κ1) is 82.2. The zero-order valence-corrected chi connectivity index (χ0v) is 67.9. The first-order chi connectivity index (χ1) is 58.0. The van der Waals surface area contributed by atoms with Gasteiger partial charge >= 0.3 is 0 Å². The van der Waals surface area contributed by atoms with Gasteiger partial charge in [-0.05, 0) is 224 Å². The van der Waals surface area contributed by atoms with Gasteiger partial charge in [0.05, 0.1) is 81.2 Å². The molecule has 0 radical (unpaired) electrons. The molecule has 4 amide bonds. The van der Waals surface area contributed by atoms with Gasteiger partial charge in [0.15, 0.2) is 23.3 Å². The van der Waals surface area contributed by atoms with Crippen molar-refractivity contribution >= 4 is 57.7 Å². The number of benzene rings is 9. The summed E-state index contributed by atoms with van der Waals surface area (Å²) in [6, 6.07) is 65.8. The highest BCUT2D eigenvalue weighted by Gasteiger charge is 2.28. The van der Waals surface area contributed by atoms with Gasteiger partial charge in [-0.2, -0.15) is 0 Å². The van der Waals surface area contributed by atoms with Gasteiger partial charge in [-0.1, -0.05) is 187 Å². The first-order valence-electron chi connectivity index (χ1n) is 41.7. The van der Waals surface area contributed by atoms with Crippen LogP contribution in [0, 0.1) is 0 Å². The second-order valence-electron chi connectivity index (χ2n) is 30.7. The third kappa shape index (κ3) is 20.9. The minimum Gasteiger partial charge on any atom is -0.508 e. The number of aromatic nitrogens is 8. The number of nitrogens with one attached hydrogen (secondary N) is 4. The molecule has 0 saturated heterocycles. The topological polar surface area (TPSA) is 300 Å². The molecule has 20 nitrogen and oxygen atoms in total. The quantitative estimate of drug-likeness (QED) is 0.0295. The number of phenolic OH excluding ortho intramolecular Hbond substituents is 4. The van der Waals surface area contributed by atoms with Crippen molar-refractivity contribution in [2.24, 2.45) is 0 Å². The Morgan fingerprint density at radius 3 is 0.958 bits per heavy atom. The van der Waals surface area contributed by atoms with E-state index in [0.29, 0.717) is 49.0 Å². The minimum absolute atomic E-state index is 0.0151. The van der Waals surface area contributed by atoms with Gasteiger partial charge in [-0.15, -0.1) is 0 Å². The van der Waals surface area contributed by atoms with Crippen LogP contribution in [0.25, 0.3) is 55.8 Å². The molecule has 9 aromatic carbocycles. The Bertz CT molecular complexity index is 5840. The summed E-state index contributed by atoms with van der Waals surface area (Å²) in [7, 11) is 0. The fourth-order valence-electron chi connectivity index (χ4n) is 15.8. The van der Waals surface area contributed by atoms with Crippen LogP contribution in [0.2, 0.25) is 0 Å². The summed E-state index contributed by atoms with van der Waals surface area (Å²) in [5, 5.41) is 53.4. The number of phenols is 4. The molecule has 0 bridgehead atoms. The Labute approximate surface area is 694 Å². The monoisotopic (exact) mass is 1580 g/mol. The van der Waals surface area contributed by atoms with Gasteiger partial charge in [-0.3, -0.25) is 19.2 Å². The van der Waals surface area contributed by atoms with E-state index in [0.717, 1.165) is 256 Å². The summed E-state index contributed by atoms with van der Waals surface area (Å²) < 4.78 is 0. The molecular formula is C99H100N12O8. The molecule has 8 N–H and O–H groups in total. The number of amides is 4. The summed E-state index contributed by atoms with van der Waals surface area (Å²) in [4.78, 5) is 89.3. The highest BCUT2D eigenvalue weighted by molar-refractivity contribution is 5.95. The summed E-state index contributed by atoms with van der Waals surface area (Å²) >= 11 is 0. The lowest BCUT2D eigenvalue weighted by molar-refractivity contribution is -0.117. The average molecular weight is 1590 g/mol. The van der Waals surface area contributed by atoms with E-state index in [-0.39, 0.29) is 53.0 Å². The number of nitrogens with zero attached hydrogens (tertiary/aromatic N) is 8. The molecule has 17 rings (SSSR count). The van der Waals surface area contributed by atoms with Crippen molar-refractivity contribution < 1.29 is 39.6 Å². The SMILES string of the molecule is CCCc1nc2c(nc1NC(=O)CCCc1ccccc1)CCc1cc(O)ccc1-2.CCCc1nc2c(nc1NC(=O)CCc1ccccc1)CCc1cc(O)ccc1-2.CCCc1nc2c(nc1NC(=O)Cc1ccc3ccccc3c1)CCc1cc(O)ccc1-2.CCCc1nc2c(nc1NC(=O)Cc1ccccc1)CCc1cc(O)ccc1-2. The number of aryl methyl sites for hydroxylation is 14. The maximum atomic E-state index is 12.9. The Morgan fingerprint density at radius 2 is 0.597 bits per heavy atom. The molecule has 119 heavy (non-hydrogen) atoms. The lowest BCUT2D eigenvalue weighted by Crippen LogP contribution is -2.19. The molecule has 20 heteroatoms. The van der Waals surface area contributed by atoms with Crippen LogP contribution >= 0.6 is 0 Å². The number of hydrogen-bond donors (Lipinski definition) is 8. The molecule has 604 valence electrons. The number of carbonyl (C=O) groups is 4. The molecule has 0 atom stereocenters. The summed E-state index contributed by atoms with van der Waals surface area (Å²) in [5.74, 6) is 3.19. The van der Waals surface area contributed by atoms with Gasteiger partial charge in [0.25, 0.3) is 0 Å². The number of hydrogen-bond acceptors (Lipinski definition) is 16. The normalized spacial score (nSPS) is 12.2. The number of carbonyl (C=O) groups excluding carboxylic acids is 4. The lowest BCUT2D eigenvalue weighted by Gasteiger charge is -2.21. The maximum Gasteiger partial charge on any atom is 0.229 e. The number of anilines is 4. The van der Waals surface area contributed by atoms with Crippen molar-refractivity contribution in [1.82, 2.24) is 39.9 Å².